The number of hydrogen-bond donors (Lipinski definition) is 1. The van der Waals surface area contributed by atoms with E-state index in [0.29, 0.717) is 19.6 Å². The van der Waals surface area contributed by atoms with E-state index in [1.807, 2.05) is 59.8 Å². The lowest BCUT2D eigenvalue weighted by atomic mass is 9.91. The first kappa shape index (κ1) is 19.5. The van der Waals surface area contributed by atoms with Crippen molar-refractivity contribution in [1.29, 1.82) is 0 Å². The van der Waals surface area contributed by atoms with E-state index in [9.17, 15) is 9.90 Å². The molecule has 30 heavy (non-hydrogen) atoms. The maximum atomic E-state index is 13.0. The van der Waals surface area contributed by atoms with Crippen LogP contribution in [-0.4, -0.2) is 77.0 Å². The Hall–Kier alpha value is -2.48. The molecule has 2 aromatic rings. The smallest absolute Gasteiger partial charge is 0.238 e. The maximum absolute atomic E-state index is 13.0. The van der Waals surface area contributed by atoms with E-state index < -0.39 is 0 Å². The number of rotatable bonds is 4. The van der Waals surface area contributed by atoms with Crippen LogP contribution >= 0.6 is 0 Å². The van der Waals surface area contributed by atoms with Crippen molar-refractivity contribution >= 4 is 11.6 Å². The van der Waals surface area contributed by atoms with Gasteiger partial charge in [0.25, 0.3) is 0 Å². The number of benzene rings is 1. The van der Waals surface area contributed by atoms with Gasteiger partial charge in [-0.25, -0.2) is 0 Å². The van der Waals surface area contributed by atoms with Gasteiger partial charge in [-0.05, 0) is 30.5 Å². The molecule has 1 aromatic heterocycles. The fourth-order valence-corrected chi connectivity index (χ4v) is 5.06. The van der Waals surface area contributed by atoms with Crippen molar-refractivity contribution in [2.75, 3.05) is 44.2 Å². The number of aliphatic hydroxyl groups excluding tert-OH is 1. The van der Waals surface area contributed by atoms with Crippen molar-refractivity contribution in [3.8, 4) is 0 Å². The summed E-state index contributed by atoms with van der Waals surface area (Å²) in [7, 11) is 0. The lowest BCUT2D eigenvalue weighted by Crippen LogP contribution is -2.55. The minimum atomic E-state index is -0.263. The number of carbonyl (C=O) groups excluding carboxylic acids is 1. The van der Waals surface area contributed by atoms with Gasteiger partial charge >= 0.3 is 0 Å². The van der Waals surface area contributed by atoms with Crippen molar-refractivity contribution in [2.24, 2.45) is 0 Å². The van der Waals surface area contributed by atoms with Gasteiger partial charge in [-0.2, -0.15) is 0 Å². The average molecular weight is 409 g/mol. The molecule has 3 saturated heterocycles. The summed E-state index contributed by atoms with van der Waals surface area (Å²) in [5.41, 5.74) is 1.95. The van der Waals surface area contributed by atoms with Crippen LogP contribution in [0.1, 0.15) is 24.4 Å². The zero-order valence-electron chi connectivity index (χ0n) is 17.1. The van der Waals surface area contributed by atoms with E-state index in [2.05, 4.69) is 14.8 Å². The van der Waals surface area contributed by atoms with Crippen LogP contribution in [0.15, 0.2) is 54.9 Å². The highest BCUT2D eigenvalue weighted by Crippen LogP contribution is 2.39. The van der Waals surface area contributed by atoms with Gasteiger partial charge in [0.1, 0.15) is 6.23 Å². The minimum absolute atomic E-state index is 0.0178. The van der Waals surface area contributed by atoms with Crippen molar-refractivity contribution < 1.29 is 14.6 Å². The van der Waals surface area contributed by atoms with E-state index in [-0.39, 0.29) is 30.4 Å². The Morgan fingerprint density at radius 3 is 2.57 bits per heavy atom. The van der Waals surface area contributed by atoms with Crippen molar-refractivity contribution in [3.63, 3.8) is 0 Å². The van der Waals surface area contributed by atoms with Gasteiger partial charge in [0.05, 0.1) is 31.3 Å². The van der Waals surface area contributed by atoms with E-state index >= 15 is 0 Å². The summed E-state index contributed by atoms with van der Waals surface area (Å²) in [6.45, 7) is 3.41. The predicted octanol–water partition coefficient (Wildman–Crippen LogP) is 1.65. The molecule has 1 spiro atoms. The first-order valence-corrected chi connectivity index (χ1v) is 10.7. The monoisotopic (exact) mass is 408 g/mol. The highest BCUT2D eigenvalue weighted by Gasteiger charge is 2.51. The molecule has 0 aliphatic carbocycles. The van der Waals surface area contributed by atoms with Crippen LogP contribution in [0.5, 0.6) is 0 Å². The van der Waals surface area contributed by atoms with Crippen LogP contribution in [0.3, 0.4) is 0 Å². The Bertz CT molecular complexity index is 871. The van der Waals surface area contributed by atoms with Crippen LogP contribution in [-0.2, 0) is 9.53 Å². The topological polar surface area (TPSA) is 69.1 Å². The summed E-state index contributed by atoms with van der Waals surface area (Å²) < 4.78 is 6.55. The Balaban J connectivity index is 1.27. The normalized spacial score (nSPS) is 24.8. The molecule has 1 N–H and O–H groups in total. The van der Waals surface area contributed by atoms with E-state index in [1.54, 1.807) is 0 Å². The maximum Gasteiger partial charge on any atom is 0.238 e. The molecule has 1 aromatic carbocycles. The summed E-state index contributed by atoms with van der Waals surface area (Å²) in [5.74, 6) is 0.0917. The minimum Gasteiger partial charge on any atom is -0.394 e. The van der Waals surface area contributed by atoms with Gasteiger partial charge in [-0.3, -0.25) is 14.7 Å². The highest BCUT2D eigenvalue weighted by atomic mass is 16.5. The summed E-state index contributed by atoms with van der Waals surface area (Å²) >= 11 is 0. The van der Waals surface area contributed by atoms with Crippen molar-refractivity contribution in [2.45, 2.75) is 30.7 Å². The fraction of sp³-hybridized carbons (Fsp3) is 0.478. The average Bonchev–Trinajstić information content (AvgIpc) is 3.15. The third kappa shape index (κ3) is 3.57. The Kier molecular flexibility index (Phi) is 5.18. The number of aliphatic hydroxyl groups is 1. The molecule has 2 unspecified atom stereocenters. The van der Waals surface area contributed by atoms with Gasteiger partial charge < -0.3 is 19.6 Å². The van der Waals surface area contributed by atoms with Crippen LogP contribution in [0.4, 0.5) is 5.69 Å². The lowest BCUT2D eigenvalue weighted by molar-refractivity contribution is -0.151. The summed E-state index contributed by atoms with van der Waals surface area (Å²) in [6, 6.07) is 13.8. The number of carbonyl (C=O) groups is 1. The molecule has 2 atom stereocenters. The lowest BCUT2D eigenvalue weighted by Gasteiger charge is -2.40. The molecule has 1 amide bonds. The molecular weight excluding hydrogens is 380 g/mol. The zero-order chi connectivity index (χ0) is 20.6. The van der Waals surface area contributed by atoms with Crippen LogP contribution in [0.2, 0.25) is 0 Å². The number of hydrogen-bond acceptors (Lipinski definition) is 6. The summed E-state index contributed by atoms with van der Waals surface area (Å²) in [4.78, 5) is 23.4. The standard InChI is InChI=1S/C23H28N4O3/c28-16-20(18-4-2-1-3-5-18)26-14-21(29)27-17-23(30-22(27)15-26)8-12-25(13-9-23)19-6-10-24-11-7-19/h1-7,10-11,20,22,28H,8-9,12-17H2. The molecule has 3 aliphatic rings. The highest BCUT2D eigenvalue weighted by molar-refractivity contribution is 5.79. The number of amides is 1. The molecule has 0 radical (unpaired) electrons. The predicted molar refractivity (Wildman–Crippen MR) is 113 cm³/mol. The van der Waals surface area contributed by atoms with Gasteiger partial charge in [0.2, 0.25) is 5.91 Å². The van der Waals surface area contributed by atoms with Gasteiger partial charge in [-0.1, -0.05) is 30.3 Å². The second-order valence-corrected chi connectivity index (χ2v) is 8.51. The van der Waals surface area contributed by atoms with E-state index in [4.69, 9.17) is 4.74 Å². The molecule has 5 rings (SSSR count). The Morgan fingerprint density at radius 1 is 1.13 bits per heavy atom. The van der Waals surface area contributed by atoms with Gasteiger partial charge in [0, 0.05) is 37.7 Å². The molecule has 7 heteroatoms. The summed E-state index contributed by atoms with van der Waals surface area (Å²) in [5, 5.41) is 10.0. The van der Waals surface area contributed by atoms with Gasteiger partial charge in [0.15, 0.2) is 0 Å². The number of ether oxygens (including phenoxy) is 1. The Morgan fingerprint density at radius 2 is 1.87 bits per heavy atom. The number of fused-ring (bicyclic) bond motifs is 1. The molecule has 4 heterocycles. The van der Waals surface area contributed by atoms with Crippen molar-refractivity contribution in [3.05, 3.63) is 60.4 Å². The number of aromatic nitrogens is 1. The second-order valence-electron chi connectivity index (χ2n) is 8.51. The molecule has 3 aliphatic heterocycles. The molecule has 0 saturated carbocycles. The summed E-state index contributed by atoms with van der Waals surface area (Å²) in [6.07, 6.45) is 5.21. The SMILES string of the molecule is O=C1CN(C(CO)c2ccccc2)CC2OC3(CCN(c4ccncc4)CC3)CN12. The number of nitrogens with zero attached hydrogens (tertiary/aromatic N) is 4. The molecular formula is C23H28N4O3. The quantitative estimate of drug-likeness (QED) is 0.830. The van der Waals surface area contributed by atoms with Crippen molar-refractivity contribution in [1.82, 2.24) is 14.8 Å². The molecule has 158 valence electrons. The largest absolute Gasteiger partial charge is 0.394 e. The van der Waals surface area contributed by atoms with Crippen LogP contribution in [0.25, 0.3) is 0 Å². The van der Waals surface area contributed by atoms with Crippen LogP contribution in [0, 0.1) is 0 Å². The second kappa shape index (κ2) is 7.98. The Labute approximate surface area is 176 Å². The zero-order valence-corrected chi connectivity index (χ0v) is 17.1. The number of piperidine rings is 1. The molecule has 0 bridgehead atoms. The fourth-order valence-electron chi connectivity index (χ4n) is 5.06. The first-order valence-electron chi connectivity index (χ1n) is 10.7. The van der Waals surface area contributed by atoms with E-state index in [0.717, 1.165) is 31.5 Å². The molecule has 3 fully saturated rings. The molecule has 7 nitrogen and oxygen atoms in total. The van der Waals surface area contributed by atoms with Crippen LogP contribution < -0.4 is 4.90 Å². The van der Waals surface area contributed by atoms with Gasteiger partial charge in [-0.15, -0.1) is 0 Å². The third-order valence-corrected chi connectivity index (χ3v) is 6.74. The third-order valence-electron chi connectivity index (χ3n) is 6.74. The van der Waals surface area contributed by atoms with E-state index in [1.165, 1.54) is 5.69 Å². The first-order chi connectivity index (χ1) is 14.7. The number of pyridine rings is 1. The number of piperazine rings is 1. The number of anilines is 1.